The molecule has 1 aliphatic rings. The maximum absolute atomic E-state index is 6.38. The van der Waals surface area contributed by atoms with Gasteiger partial charge in [0.05, 0.1) is 6.26 Å². The van der Waals surface area contributed by atoms with Gasteiger partial charge in [-0.3, -0.25) is 0 Å². The van der Waals surface area contributed by atoms with Crippen LogP contribution in [0, 0.1) is 10.8 Å². The van der Waals surface area contributed by atoms with Crippen LogP contribution < -0.4 is 0 Å². The van der Waals surface area contributed by atoms with Gasteiger partial charge < -0.3 is 4.74 Å². The summed E-state index contributed by atoms with van der Waals surface area (Å²) in [5.41, 5.74) is 6.34. The van der Waals surface area contributed by atoms with Gasteiger partial charge in [-0.05, 0) is 22.1 Å². The first kappa shape index (κ1) is 18.5. The SMILES string of the molecule is CC(C)(C)C1=C(c2ccccc2)C(C(C)(C)C)OC=C1c1ccccc1. The predicted octanol–water partition coefficient (Wildman–Crippen LogP) is 6.97. The second-order valence-electron chi connectivity index (χ2n) is 9.18. The Bertz CT molecular complexity index is 812. The lowest BCUT2D eigenvalue weighted by Crippen LogP contribution is -2.34. The van der Waals surface area contributed by atoms with Crippen LogP contribution in [0.15, 0.2) is 72.5 Å². The monoisotopic (exact) mass is 346 g/mol. The van der Waals surface area contributed by atoms with E-state index in [0.717, 1.165) is 0 Å². The maximum atomic E-state index is 6.38. The summed E-state index contributed by atoms with van der Waals surface area (Å²) >= 11 is 0. The van der Waals surface area contributed by atoms with Gasteiger partial charge in [0.25, 0.3) is 0 Å². The summed E-state index contributed by atoms with van der Waals surface area (Å²) in [6, 6.07) is 21.3. The lowest BCUT2D eigenvalue weighted by atomic mass is 9.70. The van der Waals surface area contributed by atoms with Crippen LogP contribution in [-0.2, 0) is 4.74 Å². The van der Waals surface area contributed by atoms with Gasteiger partial charge in [-0.25, -0.2) is 0 Å². The molecule has 0 bridgehead atoms. The number of allylic oxidation sites excluding steroid dienone is 2. The molecule has 0 saturated heterocycles. The topological polar surface area (TPSA) is 9.23 Å². The molecule has 0 amide bonds. The van der Waals surface area contributed by atoms with E-state index in [1.54, 1.807) is 0 Å². The van der Waals surface area contributed by atoms with E-state index in [1.165, 1.54) is 27.8 Å². The molecule has 1 nitrogen and oxygen atoms in total. The molecular formula is C25H30O. The van der Waals surface area contributed by atoms with Crippen molar-refractivity contribution in [2.24, 2.45) is 10.8 Å². The predicted molar refractivity (Wildman–Crippen MR) is 112 cm³/mol. The molecular weight excluding hydrogens is 316 g/mol. The van der Waals surface area contributed by atoms with Crippen LogP contribution in [0.1, 0.15) is 52.7 Å². The zero-order valence-electron chi connectivity index (χ0n) is 16.8. The van der Waals surface area contributed by atoms with E-state index < -0.39 is 0 Å². The van der Waals surface area contributed by atoms with Gasteiger partial charge in [0.2, 0.25) is 0 Å². The highest BCUT2D eigenvalue weighted by atomic mass is 16.5. The summed E-state index contributed by atoms with van der Waals surface area (Å²) in [7, 11) is 0. The van der Waals surface area contributed by atoms with E-state index in [1.807, 2.05) is 6.26 Å². The van der Waals surface area contributed by atoms with E-state index in [0.29, 0.717) is 0 Å². The first-order valence-corrected chi connectivity index (χ1v) is 9.41. The van der Waals surface area contributed by atoms with Crippen LogP contribution >= 0.6 is 0 Å². The zero-order chi connectivity index (χ0) is 18.9. The number of rotatable bonds is 2. The van der Waals surface area contributed by atoms with Crippen molar-refractivity contribution in [1.29, 1.82) is 0 Å². The highest BCUT2D eigenvalue weighted by Gasteiger charge is 2.39. The van der Waals surface area contributed by atoms with E-state index in [2.05, 4.69) is 102 Å². The van der Waals surface area contributed by atoms with Gasteiger partial charge >= 0.3 is 0 Å². The third kappa shape index (κ3) is 3.62. The zero-order valence-corrected chi connectivity index (χ0v) is 16.8. The third-order valence-electron chi connectivity index (χ3n) is 4.83. The number of ether oxygens (including phenoxy) is 1. The summed E-state index contributed by atoms with van der Waals surface area (Å²) in [4.78, 5) is 0. The van der Waals surface area contributed by atoms with E-state index in [-0.39, 0.29) is 16.9 Å². The molecule has 0 radical (unpaired) electrons. The Morgan fingerprint density at radius 2 is 1.19 bits per heavy atom. The highest BCUT2D eigenvalue weighted by molar-refractivity contribution is 5.93. The molecule has 0 aromatic heterocycles. The molecule has 2 aromatic rings. The summed E-state index contributed by atoms with van der Waals surface area (Å²) < 4.78 is 6.38. The summed E-state index contributed by atoms with van der Waals surface area (Å²) in [5.74, 6) is 0. The Balaban J connectivity index is 2.31. The van der Waals surface area contributed by atoms with E-state index >= 15 is 0 Å². The minimum Gasteiger partial charge on any atom is -0.492 e. The Morgan fingerprint density at radius 1 is 0.692 bits per heavy atom. The average molecular weight is 347 g/mol. The van der Waals surface area contributed by atoms with Crippen LogP contribution in [0.3, 0.4) is 0 Å². The summed E-state index contributed by atoms with van der Waals surface area (Å²) in [5, 5.41) is 0. The molecule has 1 heterocycles. The summed E-state index contributed by atoms with van der Waals surface area (Å²) in [6.07, 6.45) is 2.00. The Kier molecular flexibility index (Phi) is 4.84. The Hall–Kier alpha value is -2.28. The average Bonchev–Trinajstić information content (AvgIpc) is 2.60. The molecule has 0 N–H and O–H groups in total. The number of hydrogen-bond acceptors (Lipinski definition) is 1. The molecule has 3 rings (SSSR count). The van der Waals surface area contributed by atoms with Crippen LogP contribution in [0.25, 0.3) is 11.1 Å². The second kappa shape index (κ2) is 6.79. The van der Waals surface area contributed by atoms with E-state index in [4.69, 9.17) is 4.74 Å². The van der Waals surface area contributed by atoms with Crippen molar-refractivity contribution in [3.63, 3.8) is 0 Å². The first-order valence-electron chi connectivity index (χ1n) is 9.41. The van der Waals surface area contributed by atoms with E-state index in [9.17, 15) is 0 Å². The van der Waals surface area contributed by atoms with Gasteiger partial charge in [0, 0.05) is 16.6 Å². The molecule has 2 aromatic carbocycles. The lowest BCUT2D eigenvalue weighted by molar-refractivity contribution is 0.0899. The molecule has 1 aliphatic heterocycles. The molecule has 26 heavy (non-hydrogen) atoms. The number of hydrogen-bond donors (Lipinski definition) is 0. The van der Waals surface area contributed by atoms with Gasteiger partial charge in [-0.15, -0.1) is 0 Å². The normalized spacial score (nSPS) is 18.4. The maximum Gasteiger partial charge on any atom is 0.129 e. The van der Waals surface area contributed by atoms with Crippen molar-refractivity contribution in [1.82, 2.24) is 0 Å². The second-order valence-corrected chi connectivity index (χ2v) is 9.18. The minimum absolute atomic E-state index is 0.000128. The Morgan fingerprint density at radius 3 is 1.65 bits per heavy atom. The first-order chi connectivity index (χ1) is 12.2. The fourth-order valence-electron chi connectivity index (χ4n) is 3.73. The van der Waals surface area contributed by atoms with Crippen molar-refractivity contribution < 1.29 is 4.74 Å². The number of benzene rings is 2. The summed E-state index contributed by atoms with van der Waals surface area (Å²) in [6.45, 7) is 13.7. The van der Waals surface area contributed by atoms with Crippen molar-refractivity contribution in [2.45, 2.75) is 47.6 Å². The van der Waals surface area contributed by atoms with Crippen molar-refractivity contribution >= 4 is 11.1 Å². The minimum atomic E-state index is 0.000128. The third-order valence-corrected chi connectivity index (χ3v) is 4.83. The Labute approximate surface area is 158 Å². The van der Waals surface area contributed by atoms with Crippen LogP contribution in [0.5, 0.6) is 0 Å². The van der Waals surface area contributed by atoms with Gasteiger partial charge in [-0.2, -0.15) is 0 Å². The lowest BCUT2D eigenvalue weighted by Gasteiger charge is -2.41. The molecule has 1 heteroatoms. The van der Waals surface area contributed by atoms with Gasteiger partial charge in [-0.1, -0.05) is 102 Å². The quantitative estimate of drug-likeness (QED) is 0.570. The molecule has 0 fully saturated rings. The van der Waals surface area contributed by atoms with Crippen LogP contribution in [0.2, 0.25) is 0 Å². The van der Waals surface area contributed by atoms with Crippen LogP contribution in [0.4, 0.5) is 0 Å². The van der Waals surface area contributed by atoms with Gasteiger partial charge in [0.1, 0.15) is 6.10 Å². The molecule has 1 unspecified atom stereocenters. The van der Waals surface area contributed by atoms with Crippen molar-refractivity contribution in [3.05, 3.63) is 83.6 Å². The molecule has 0 saturated carbocycles. The largest absolute Gasteiger partial charge is 0.492 e. The van der Waals surface area contributed by atoms with Crippen molar-refractivity contribution in [3.8, 4) is 0 Å². The molecule has 1 atom stereocenters. The fourth-order valence-corrected chi connectivity index (χ4v) is 3.73. The van der Waals surface area contributed by atoms with Gasteiger partial charge in [0.15, 0.2) is 0 Å². The standard InChI is InChI=1S/C25H30O/c1-24(2,3)22-20(18-13-9-7-10-14-18)17-26-23(25(4,5)6)21(22)19-15-11-8-12-16-19/h7-17,23H,1-6H3. The van der Waals surface area contributed by atoms with Crippen LogP contribution in [-0.4, -0.2) is 6.10 Å². The molecule has 0 aliphatic carbocycles. The molecule has 136 valence electrons. The molecule has 0 spiro atoms. The van der Waals surface area contributed by atoms with Crippen molar-refractivity contribution in [2.75, 3.05) is 0 Å². The smallest absolute Gasteiger partial charge is 0.129 e. The fraction of sp³-hybridized carbons (Fsp3) is 0.360. The highest BCUT2D eigenvalue weighted by Crippen LogP contribution is 2.49.